The smallest absolute Gasteiger partial charge is 0.853 e. The van der Waals surface area contributed by atoms with Gasteiger partial charge in [-0.2, -0.15) is 0 Å². The van der Waals surface area contributed by atoms with Gasteiger partial charge >= 0.3 is 29.6 Å². The average Bonchev–Trinajstić information content (AvgIpc) is 2.45. The molecule has 7 heteroatoms. The molecule has 0 amide bonds. The van der Waals surface area contributed by atoms with Crippen LogP contribution in [0.15, 0.2) is 0 Å². The first-order valence-electron chi connectivity index (χ1n) is 8.03. The second kappa shape index (κ2) is 19.1. The summed E-state index contributed by atoms with van der Waals surface area (Å²) in [6, 6.07) is 0. The summed E-state index contributed by atoms with van der Waals surface area (Å²) < 4.78 is 26.5. The zero-order valence-corrected chi connectivity index (χ0v) is 17.4. The van der Waals surface area contributed by atoms with Crippen LogP contribution in [-0.2, 0) is 23.7 Å². The summed E-state index contributed by atoms with van der Waals surface area (Å²) in [7, 11) is 0. The molecular weight excluding hydrogens is 311 g/mol. The predicted octanol–water partition coefficient (Wildman–Crippen LogP) is -2.13. The molecule has 0 bridgehead atoms. The Morgan fingerprint density at radius 1 is 0.565 bits per heavy atom. The third-order valence-electron chi connectivity index (χ3n) is 2.71. The molecule has 0 saturated heterocycles. The van der Waals surface area contributed by atoms with Crippen LogP contribution in [0.25, 0.3) is 0 Å². The summed E-state index contributed by atoms with van der Waals surface area (Å²) in [5.41, 5.74) is 0.318. The first-order chi connectivity index (χ1) is 10.6. The van der Waals surface area contributed by atoms with E-state index < -0.39 is 0 Å². The fraction of sp³-hybridized carbons (Fsp3) is 1.00. The van der Waals surface area contributed by atoms with E-state index in [9.17, 15) is 5.11 Å². The molecule has 0 unspecified atom stereocenters. The molecule has 0 saturated carbocycles. The monoisotopic (exact) mass is 344 g/mol. The van der Waals surface area contributed by atoms with Crippen LogP contribution in [0, 0.1) is 5.41 Å². The normalized spacial score (nSPS) is 11.5. The van der Waals surface area contributed by atoms with Crippen molar-refractivity contribution in [1.29, 1.82) is 0 Å². The molecule has 0 aromatic carbocycles. The summed E-state index contributed by atoms with van der Waals surface area (Å²) in [5, 5.41) is 10.1. The van der Waals surface area contributed by atoms with Gasteiger partial charge in [0.25, 0.3) is 0 Å². The van der Waals surface area contributed by atoms with Gasteiger partial charge in [-0.05, 0) is 11.8 Å². The molecule has 0 rings (SSSR count). The fourth-order valence-corrected chi connectivity index (χ4v) is 1.42. The molecule has 23 heavy (non-hydrogen) atoms. The van der Waals surface area contributed by atoms with Crippen molar-refractivity contribution in [1.82, 2.24) is 0 Å². The van der Waals surface area contributed by atoms with Gasteiger partial charge in [0.15, 0.2) is 0 Å². The van der Waals surface area contributed by atoms with E-state index in [1.165, 1.54) is 0 Å². The van der Waals surface area contributed by atoms with Crippen LogP contribution < -0.4 is 34.7 Å². The summed E-state index contributed by atoms with van der Waals surface area (Å²) in [6.07, 6.45) is 1.05. The van der Waals surface area contributed by atoms with E-state index in [0.29, 0.717) is 58.3 Å². The number of hydrogen-bond donors (Lipinski definition) is 0. The predicted molar refractivity (Wildman–Crippen MR) is 83.0 cm³/mol. The Labute approximate surface area is 163 Å². The van der Waals surface area contributed by atoms with E-state index in [2.05, 4.69) is 20.8 Å². The summed E-state index contributed by atoms with van der Waals surface area (Å²) in [6.45, 7) is 11.8. The Balaban J connectivity index is 0. The van der Waals surface area contributed by atoms with Gasteiger partial charge in [-0.15, -0.1) is 6.61 Å². The van der Waals surface area contributed by atoms with Crippen LogP contribution >= 0.6 is 0 Å². The van der Waals surface area contributed by atoms with Gasteiger partial charge in [-0.25, -0.2) is 0 Å². The zero-order valence-electron chi connectivity index (χ0n) is 15.4. The molecule has 0 aromatic heterocycles. The topological polar surface area (TPSA) is 69.2 Å². The zero-order chi connectivity index (χ0) is 16.5. The van der Waals surface area contributed by atoms with Crippen LogP contribution in [-0.4, -0.2) is 72.7 Å². The minimum Gasteiger partial charge on any atom is -0.853 e. The Hall–Kier alpha value is 0.760. The van der Waals surface area contributed by atoms with E-state index in [-0.39, 0.29) is 42.8 Å². The molecule has 0 aromatic rings. The maximum Gasteiger partial charge on any atom is 1.00 e. The second-order valence-electron chi connectivity index (χ2n) is 6.08. The maximum atomic E-state index is 10.1. The van der Waals surface area contributed by atoms with Gasteiger partial charge < -0.3 is 28.8 Å². The number of hydrogen-bond acceptors (Lipinski definition) is 6. The molecule has 0 aliphatic carbocycles. The molecule has 0 radical (unpaired) electrons. The van der Waals surface area contributed by atoms with Crippen LogP contribution in [0.3, 0.4) is 0 Å². The van der Waals surface area contributed by atoms with Gasteiger partial charge in [-0.3, -0.25) is 0 Å². The Bertz CT molecular complexity index is 223. The van der Waals surface area contributed by atoms with Gasteiger partial charge in [0.05, 0.1) is 52.9 Å². The summed E-state index contributed by atoms with van der Waals surface area (Å²) in [5.74, 6) is 0. The van der Waals surface area contributed by atoms with Crippen molar-refractivity contribution < 1.29 is 58.3 Å². The Morgan fingerprint density at radius 3 is 1.17 bits per heavy atom. The van der Waals surface area contributed by atoms with Crippen molar-refractivity contribution in [3.63, 3.8) is 0 Å². The van der Waals surface area contributed by atoms with Gasteiger partial charge in [-0.1, -0.05) is 20.8 Å². The third-order valence-corrected chi connectivity index (χ3v) is 2.71. The van der Waals surface area contributed by atoms with Crippen molar-refractivity contribution >= 4 is 0 Å². The Morgan fingerprint density at radius 2 is 0.870 bits per heavy atom. The van der Waals surface area contributed by atoms with Crippen LogP contribution in [0.2, 0.25) is 0 Å². The summed E-state index contributed by atoms with van der Waals surface area (Å²) >= 11 is 0. The van der Waals surface area contributed by atoms with Crippen molar-refractivity contribution in [3.05, 3.63) is 0 Å². The molecule has 0 heterocycles. The molecular formula is C16H33NaO6. The minimum absolute atomic E-state index is 0. The largest absolute Gasteiger partial charge is 1.00 e. The average molecular weight is 344 g/mol. The van der Waals surface area contributed by atoms with Gasteiger partial charge in [0.1, 0.15) is 0 Å². The van der Waals surface area contributed by atoms with Crippen LogP contribution in [0.4, 0.5) is 0 Å². The van der Waals surface area contributed by atoms with E-state index in [4.69, 9.17) is 23.7 Å². The summed E-state index contributed by atoms with van der Waals surface area (Å²) in [4.78, 5) is 0. The van der Waals surface area contributed by atoms with Crippen molar-refractivity contribution in [2.24, 2.45) is 5.41 Å². The molecule has 0 fully saturated rings. The molecule has 0 spiro atoms. The van der Waals surface area contributed by atoms with Gasteiger partial charge in [0, 0.05) is 13.2 Å². The van der Waals surface area contributed by atoms with Gasteiger partial charge in [0.2, 0.25) is 0 Å². The molecule has 0 N–H and O–H groups in total. The van der Waals surface area contributed by atoms with E-state index >= 15 is 0 Å². The second-order valence-corrected chi connectivity index (χ2v) is 6.08. The quantitative estimate of drug-likeness (QED) is 0.235. The third kappa shape index (κ3) is 25.1. The first kappa shape index (κ1) is 26.0. The van der Waals surface area contributed by atoms with E-state index in [1.54, 1.807) is 0 Å². The van der Waals surface area contributed by atoms with Crippen LogP contribution in [0.1, 0.15) is 27.2 Å². The van der Waals surface area contributed by atoms with Crippen molar-refractivity contribution in [3.8, 4) is 0 Å². The fourth-order valence-electron chi connectivity index (χ4n) is 1.42. The molecule has 0 atom stereocenters. The van der Waals surface area contributed by atoms with Crippen molar-refractivity contribution in [2.75, 3.05) is 72.7 Å². The minimum atomic E-state index is -0.204. The standard InChI is InChI=1S/C16H33O6.Na/c1-16(2,3)4-6-18-8-10-20-12-14-22-15-13-21-11-9-19-7-5-17;/h4-15H2,1-3H3;/q-1;+1. The first-order valence-corrected chi connectivity index (χ1v) is 8.03. The van der Waals surface area contributed by atoms with E-state index in [1.807, 2.05) is 0 Å². The SMILES string of the molecule is CC(C)(C)CCOCCOCCOCCOCCOCC[O-].[Na+]. The number of ether oxygens (including phenoxy) is 5. The maximum absolute atomic E-state index is 10.1. The molecule has 0 aliphatic heterocycles. The van der Waals surface area contributed by atoms with Crippen LogP contribution in [0.5, 0.6) is 0 Å². The Kier molecular flexibility index (Phi) is 21.6. The number of rotatable bonds is 16. The molecule has 6 nitrogen and oxygen atoms in total. The van der Waals surface area contributed by atoms with Crippen molar-refractivity contribution in [2.45, 2.75) is 27.2 Å². The molecule has 0 aliphatic rings. The molecule has 134 valence electrons. The van der Waals surface area contributed by atoms with E-state index in [0.717, 1.165) is 13.0 Å².